The number of hydrogen-bond donors (Lipinski definition) is 3. The molecule has 0 atom stereocenters. The van der Waals surface area contributed by atoms with Gasteiger partial charge in [0.15, 0.2) is 0 Å². The molecule has 1 aromatic rings. The fraction of sp³-hybridized carbons (Fsp3) is 0.200. The first-order chi connectivity index (χ1) is 8.00. The number of ether oxygens (including phenoxy) is 1. The molecule has 17 heavy (non-hydrogen) atoms. The lowest BCUT2D eigenvalue weighted by atomic mass is 10.2. The number of carbonyl (C=O) groups excluding carboxylic acids is 2. The molecule has 0 aliphatic rings. The standard InChI is InChI=1S/C10H12ClN3O3/c11-8-5-6(12)1-2-7(8)9(15)14-3-4-17-10(13)16/h1-2,5H,3-4,12H2,(H2,13,16)(H,14,15). The Hall–Kier alpha value is -1.95. The molecular formula is C10H12ClN3O3. The highest BCUT2D eigenvalue weighted by atomic mass is 35.5. The van der Waals surface area contributed by atoms with Crippen LogP contribution in [0.5, 0.6) is 0 Å². The highest BCUT2D eigenvalue weighted by molar-refractivity contribution is 6.34. The number of primary amides is 1. The van der Waals surface area contributed by atoms with Crippen molar-refractivity contribution < 1.29 is 14.3 Å². The van der Waals surface area contributed by atoms with Gasteiger partial charge in [0, 0.05) is 5.69 Å². The van der Waals surface area contributed by atoms with Crippen LogP contribution in [-0.2, 0) is 4.74 Å². The zero-order valence-electron chi connectivity index (χ0n) is 8.90. The lowest BCUT2D eigenvalue weighted by molar-refractivity contribution is 0.0937. The molecule has 0 radical (unpaired) electrons. The monoisotopic (exact) mass is 257 g/mol. The number of carbonyl (C=O) groups is 2. The molecule has 0 bridgehead atoms. The van der Waals surface area contributed by atoms with Crippen LogP contribution in [0.2, 0.25) is 5.02 Å². The van der Waals surface area contributed by atoms with Crippen LogP contribution >= 0.6 is 11.6 Å². The highest BCUT2D eigenvalue weighted by Crippen LogP contribution is 2.18. The normalized spacial score (nSPS) is 9.71. The second kappa shape index (κ2) is 5.95. The molecule has 0 unspecified atom stereocenters. The van der Waals surface area contributed by atoms with Crippen molar-refractivity contribution >= 4 is 29.3 Å². The average Bonchev–Trinajstić information content (AvgIpc) is 2.23. The maximum absolute atomic E-state index is 11.6. The van der Waals surface area contributed by atoms with E-state index in [1.807, 2.05) is 0 Å². The third-order valence-corrected chi connectivity index (χ3v) is 2.18. The zero-order chi connectivity index (χ0) is 12.8. The van der Waals surface area contributed by atoms with E-state index in [1.54, 1.807) is 6.07 Å². The zero-order valence-corrected chi connectivity index (χ0v) is 9.66. The van der Waals surface area contributed by atoms with E-state index in [0.717, 1.165) is 0 Å². The van der Waals surface area contributed by atoms with Crippen molar-refractivity contribution in [3.8, 4) is 0 Å². The summed E-state index contributed by atoms with van der Waals surface area (Å²) in [5, 5.41) is 2.78. The smallest absolute Gasteiger partial charge is 0.404 e. The van der Waals surface area contributed by atoms with Crippen LogP contribution in [0.3, 0.4) is 0 Å². The van der Waals surface area contributed by atoms with E-state index >= 15 is 0 Å². The van der Waals surface area contributed by atoms with Gasteiger partial charge in [-0.3, -0.25) is 4.79 Å². The summed E-state index contributed by atoms with van der Waals surface area (Å²) in [7, 11) is 0. The van der Waals surface area contributed by atoms with Crippen molar-refractivity contribution in [1.29, 1.82) is 0 Å². The first kappa shape index (κ1) is 13.1. The molecule has 0 heterocycles. The van der Waals surface area contributed by atoms with Crippen molar-refractivity contribution in [2.75, 3.05) is 18.9 Å². The number of halogens is 1. The fourth-order valence-corrected chi connectivity index (χ4v) is 1.40. The predicted molar refractivity (Wildman–Crippen MR) is 63.7 cm³/mol. The number of nitrogens with two attached hydrogens (primary N) is 2. The third-order valence-electron chi connectivity index (χ3n) is 1.87. The quantitative estimate of drug-likeness (QED) is 0.546. The average molecular weight is 258 g/mol. The maximum Gasteiger partial charge on any atom is 0.404 e. The molecule has 0 aliphatic carbocycles. The van der Waals surface area contributed by atoms with Crippen LogP contribution in [0.4, 0.5) is 10.5 Å². The summed E-state index contributed by atoms with van der Waals surface area (Å²) in [5.41, 5.74) is 11.0. The number of nitrogen functional groups attached to an aromatic ring is 1. The van der Waals surface area contributed by atoms with Gasteiger partial charge in [-0.05, 0) is 18.2 Å². The van der Waals surface area contributed by atoms with Gasteiger partial charge in [0.05, 0.1) is 17.1 Å². The first-order valence-electron chi connectivity index (χ1n) is 4.76. The van der Waals surface area contributed by atoms with Crippen LogP contribution < -0.4 is 16.8 Å². The molecular weight excluding hydrogens is 246 g/mol. The van der Waals surface area contributed by atoms with Crippen molar-refractivity contribution in [3.05, 3.63) is 28.8 Å². The van der Waals surface area contributed by atoms with E-state index in [-0.39, 0.29) is 24.1 Å². The molecule has 0 spiro atoms. The van der Waals surface area contributed by atoms with Crippen molar-refractivity contribution in [2.45, 2.75) is 0 Å². The van der Waals surface area contributed by atoms with E-state index in [2.05, 4.69) is 10.1 Å². The fourth-order valence-electron chi connectivity index (χ4n) is 1.13. The Morgan fingerprint density at radius 2 is 2.12 bits per heavy atom. The Morgan fingerprint density at radius 1 is 1.41 bits per heavy atom. The summed E-state index contributed by atoms with van der Waals surface area (Å²) >= 11 is 5.84. The Kier molecular flexibility index (Phi) is 4.59. The molecule has 7 heteroatoms. The van der Waals surface area contributed by atoms with Gasteiger partial charge in [0.25, 0.3) is 5.91 Å². The molecule has 0 saturated carbocycles. The van der Waals surface area contributed by atoms with Crippen molar-refractivity contribution in [2.24, 2.45) is 5.73 Å². The number of nitrogens with one attached hydrogen (secondary N) is 1. The van der Waals surface area contributed by atoms with Crippen LogP contribution in [0, 0.1) is 0 Å². The SMILES string of the molecule is NC(=O)OCCNC(=O)c1ccc(N)cc1Cl. The van der Waals surface area contributed by atoms with Gasteiger partial charge in [-0.15, -0.1) is 0 Å². The highest BCUT2D eigenvalue weighted by Gasteiger charge is 2.09. The minimum absolute atomic E-state index is 0.00760. The molecule has 0 aliphatic heterocycles. The van der Waals surface area contributed by atoms with Gasteiger partial charge in [-0.2, -0.15) is 0 Å². The summed E-state index contributed by atoms with van der Waals surface area (Å²) in [5.74, 6) is -0.372. The maximum atomic E-state index is 11.6. The molecule has 92 valence electrons. The molecule has 0 saturated heterocycles. The summed E-state index contributed by atoms with van der Waals surface area (Å²) in [6.07, 6.45) is -0.884. The number of hydrogen-bond acceptors (Lipinski definition) is 4. The van der Waals surface area contributed by atoms with Gasteiger partial charge in [-0.25, -0.2) is 4.79 Å². The second-order valence-electron chi connectivity index (χ2n) is 3.16. The molecule has 1 rings (SSSR count). The van der Waals surface area contributed by atoms with E-state index < -0.39 is 6.09 Å². The summed E-state index contributed by atoms with van der Waals surface area (Å²) in [6.45, 7) is 0.163. The van der Waals surface area contributed by atoms with E-state index in [0.29, 0.717) is 11.3 Å². The molecule has 0 aromatic heterocycles. The van der Waals surface area contributed by atoms with Crippen molar-refractivity contribution in [3.63, 3.8) is 0 Å². The van der Waals surface area contributed by atoms with E-state index in [4.69, 9.17) is 23.1 Å². The summed E-state index contributed by atoms with van der Waals surface area (Å²) in [4.78, 5) is 21.9. The van der Waals surface area contributed by atoms with Crippen molar-refractivity contribution in [1.82, 2.24) is 5.32 Å². The lowest BCUT2D eigenvalue weighted by Crippen LogP contribution is -2.29. The number of anilines is 1. The van der Waals surface area contributed by atoms with Gasteiger partial charge in [-0.1, -0.05) is 11.6 Å². The Bertz CT molecular complexity index is 437. The molecule has 1 aromatic carbocycles. The largest absolute Gasteiger partial charge is 0.448 e. The molecule has 0 fully saturated rings. The number of rotatable bonds is 4. The third kappa shape index (κ3) is 4.20. The molecule has 6 nitrogen and oxygen atoms in total. The topological polar surface area (TPSA) is 107 Å². The van der Waals surface area contributed by atoms with Crippen LogP contribution in [0.25, 0.3) is 0 Å². The Labute approximate surface area is 103 Å². The van der Waals surface area contributed by atoms with Gasteiger partial charge in [0.1, 0.15) is 6.61 Å². The number of benzene rings is 1. The Balaban J connectivity index is 2.50. The summed E-state index contributed by atoms with van der Waals surface area (Å²) in [6, 6.07) is 4.57. The van der Waals surface area contributed by atoms with Crippen LogP contribution in [0.15, 0.2) is 18.2 Å². The van der Waals surface area contributed by atoms with Crippen LogP contribution in [-0.4, -0.2) is 25.2 Å². The second-order valence-corrected chi connectivity index (χ2v) is 3.57. The minimum atomic E-state index is -0.884. The van der Waals surface area contributed by atoms with Crippen LogP contribution in [0.1, 0.15) is 10.4 Å². The number of amides is 2. The van der Waals surface area contributed by atoms with Gasteiger partial charge >= 0.3 is 6.09 Å². The van der Waals surface area contributed by atoms with E-state index in [9.17, 15) is 9.59 Å². The minimum Gasteiger partial charge on any atom is -0.448 e. The molecule has 2 amide bonds. The first-order valence-corrected chi connectivity index (χ1v) is 5.14. The van der Waals surface area contributed by atoms with Gasteiger partial charge in [0.2, 0.25) is 0 Å². The van der Waals surface area contributed by atoms with E-state index in [1.165, 1.54) is 12.1 Å². The predicted octanol–water partition coefficient (Wildman–Crippen LogP) is 0.747. The summed E-state index contributed by atoms with van der Waals surface area (Å²) < 4.78 is 4.45. The lowest BCUT2D eigenvalue weighted by Gasteiger charge is -2.07. The Morgan fingerprint density at radius 3 is 2.71 bits per heavy atom. The van der Waals surface area contributed by atoms with Gasteiger partial charge < -0.3 is 21.5 Å². The molecule has 5 N–H and O–H groups in total.